The fourth-order valence-corrected chi connectivity index (χ4v) is 1.77. The van der Waals surface area contributed by atoms with E-state index in [4.69, 9.17) is 4.74 Å². The van der Waals surface area contributed by atoms with Crippen LogP contribution in [-0.4, -0.2) is 25.1 Å². The summed E-state index contributed by atoms with van der Waals surface area (Å²) >= 11 is 0. The van der Waals surface area contributed by atoms with Gasteiger partial charge in [0, 0.05) is 23.7 Å². The third kappa shape index (κ3) is 4.49. The van der Waals surface area contributed by atoms with E-state index in [-0.39, 0.29) is 23.8 Å². The minimum atomic E-state index is -0.679. The Hall–Kier alpha value is -1.62. The van der Waals surface area contributed by atoms with Crippen LogP contribution in [-0.2, 0) is 4.79 Å². The highest BCUT2D eigenvalue weighted by atomic mass is 19.1. The Kier molecular flexibility index (Phi) is 5.95. The largest absolute Gasteiger partial charge is 0.480 e. The van der Waals surface area contributed by atoms with Crippen molar-refractivity contribution in [2.45, 2.75) is 45.9 Å². The van der Waals surface area contributed by atoms with E-state index in [1.54, 1.807) is 13.0 Å². The molecule has 0 spiro atoms. The zero-order valence-corrected chi connectivity index (χ0v) is 12.7. The molecule has 0 fully saturated rings. The van der Waals surface area contributed by atoms with Crippen LogP contribution >= 0.6 is 0 Å². The van der Waals surface area contributed by atoms with Gasteiger partial charge < -0.3 is 15.4 Å². The summed E-state index contributed by atoms with van der Waals surface area (Å²) in [6.45, 7) is 7.35. The summed E-state index contributed by atoms with van der Waals surface area (Å²) in [6.07, 6.45) is -0.679. The first-order valence-corrected chi connectivity index (χ1v) is 6.79. The van der Waals surface area contributed by atoms with E-state index in [1.165, 1.54) is 12.1 Å². The molecule has 0 aliphatic rings. The number of hydrogen-bond donors (Lipinski definition) is 2. The molecule has 5 heteroatoms. The molecule has 1 rings (SSSR count). The van der Waals surface area contributed by atoms with Crippen LogP contribution in [0.3, 0.4) is 0 Å². The summed E-state index contributed by atoms with van der Waals surface area (Å²) in [5, 5.41) is 5.84. The molecule has 0 radical (unpaired) electrons. The van der Waals surface area contributed by atoms with Gasteiger partial charge in [0.15, 0.2) is 6.10 Å². The summed E-state index contributed by atoms with van der Waals surface area (Å²) in [4.78, 5) is 11.8. The molecule has 0 aliphatic carbocycles. The van der Waals surface area contributed by atoms with Crippen molar-refractivity contribution < 1.29 is 13.9 Å². The summed E-state index contributed by atoms with van der Waals surface area (Å²) in [7, 11) is 1.81. The number of hydrogen-bond acceptors (Lipinski definition) is 3. The van der Waals surface area contributed by atoms with Gasteiger partial charge >= 0.3 is 0 Å². The van der Waals surface area contributed by atoms with Crippen molar-refractivity contribution in [2.24, 2.45) is 0 Å². The molecular weight excluding hydrogens is 259 g/mol. The Morgan fingerprint density at radius 3 is 2.45 bits per heavy atom. The van der Waals surface area contributed by atoms with Gasteiger partial charge in [0.1, 0.15) is 11.6 Å². The van der Waals surface area contributed by atoms with E-state index in [1.807, 2.05) is 27.8 Å². The highest BCUT2D eigenvalue weighted by Gasteiger charge is 2.19. The van der Waals surface area contributed by atoms with E-state index in [0.29, 0.717) is 5.75 Å². The fourth-order valence-electron chi connectivity index (χ4n) is 1.77. The van der Waals surface area contributed by atoms with E-state index < -0.39 is 6.10 Å². The molecule has 112 valence electrons. The Labute approximate surface area is 119 Å². The maximum atomic E-state index is 13.4. The van der Waals surface area contributed by atoms with Crippen molar-refractivity contribution in [1.29, 1.82) is 0 Å². The Bertz CT molecular complexity index is 463. The van der Waals surface area contributed by atoms with Crippen LogP contribution in [0, 0.1) is 5.82 Å². The molecule has 0 bridgehead atoms. The number of nitrogens with one attached hydrogen (secondary N) is 2. The molecule has 0 aliphatic heterocycles. The summed E-state index contributed by atoms with van der Waals surface area (Å²) in [5.41, 5.74) is 0.818. The number of amides is 1. The van der Waals surface area contributed by atoms with E-state index in [0.717, 1.165) is 5.56 Å². The third-order valence-corrected chi connectivity index (χ3v) is 2.98. The predicted octanol–water partition coefficient (Wildman–Crippen LogP) is 2.40. The summed E-state index contributed by atoms with van der Waals surface area (Å²) in [5.74, 6) is -0.214. The standard InChI is InChI=1S/C15H23FN2O2/c1-9(2)18-15(19)11(4)20-14-8-12(16)6-7-13(14)10(3)17-5/h6-11,17H,1-5H3,(H,18,19). The van der Waals surface area contributed by atoms with Crippen molar-refractivity contribution in [1.82, 2.24) is 10.6 Å². The van der Waals surface area contributed by atoms with Gasteiger partial charge in [-0.05, 0) is 40.8 Å². The topological polar surface area (TPSA) is 50.4 Å². The summed E-state index contributed by atoms with van der Waals surface area (Å²) < 4.78 is 19.0. The second-order valence-electron chi connectivity index (χ2n) is 5.12. The van der Waals surface area contributed by atoms with Crippen LogP contribution in [0.5, 0.6) is 5.75 Å². The molecule has 2 unspecified atom stereocenters. The molecule has 0 saturated carbocycles. The molecule has 2 atom stereocenters. The third-order valence-electron chi connectivity index (χ3n) is 2.98. The lowest BCUT2D eigenvalue weighted by molar-refractivity contribution is -0.127. The minimum absolute atomic E-state index is 0.00552. The smallest absolute Gasteiger partial charge is 0.260 e. The van der Waals surface area contributed by atoms with Gasteiger partial charge in [0.05, 0.1) is 0 Å². The monoisotopic (exact) mass is 282 g/mol. The van der Waals surface area contributed by atoms with E-state index in [2.05, 4.69) is 10.6 Å². The molecule has 1 amide bonds. The Morgan fingerprint density at radius 2 is 1.90 bits per heavy atom. The molecule has 1 aromatic carbocycles. The zero-order chi connectivity index (χ0) is 15.3. The quantitative estimate of drug-likeness (QED) is 0.842. The lowest BCUT2D eigenvalue weighted by atomic mass is 10.1. The van der Waals surface area contributed by atoms with Crippen molar-refractivity contribution in [3.05, 3.63) is 29.6 Å². The van der Waals surface area contributed by atoms with Gasteiger partial charge in [-0.1, -0.05) is 6.07 Å². The number of halogens is 1. The van der Waals surface area contributed by atoms with Crippen molar-refractivity contribution in [3.63, 3.8) is 0 Å². The van der Waals surface area contributed by atoms with Crippen LogP contribution in [0.4, 0.5) is 4.39 Å². The van der Waals surface area contributed by atoms with Gasteiger partial charge in [-0.2, -0.15) is 0 Å². The van der Waals surface area contributed by atoms with Crippen LogP contribution < -0.4 is 15.4 Å². The van der Waals surface area contributed by atoms with Gasteiger partial charge in [-0.25, -0.2) is 4.39 Å². The zero-order valence-electron chi connectivity index (χ0n) is 12.7. The average molecular weight is 282 g/mol. The van der Waals surface area contributed by atoms with E-state index >= 15 is 0 Å². The van der Waals surface area contributed by atoms with Crippen LogP contribution in [0.15, 0.2) is 18.2 Å². The number of carbonyl (C=O) groups excluding carboxylic acids is 1. The van der Waals surface area contributed by atoms with Crippen LogP contribution in [0.1, 0.15) is 39.3 Å². The number of carbonyl (C=O) groups is 1. The fraction of sp³-hybridized carbons (Fsp3) is 0.533. The van der Waals surface area contributed by atoms with Crippen molar-refractivity contribution >= 4 is 5.91 Å². The van der Waals surface area contributed by atoms with Gasteiger partial charge in [-0.15, -0.1) is 0 Å². The van der Waals surface area contributed by atoms with Gasteiger partial charge in [0.25, 0.3) is 5.91 Å². The van der Waals surface area contributed by atoms with Gasteiger partial charge in [0.2, 0.25) is 0 Å². The van der Waals surface area contributed by atoms with Gasteiger partial charge in [-0.3, -0.25) is 4.79 Å². The highest BCUT2D eigenvalue weighted by molar-refractivity contribution is 5.80. The maximum absolute atomic E-state index is 13.4. The van der Waals surface area contributed by atoms with Crippen molar-refractivity contribution in [2.75, 3.05) is 7.05 Å². The lowest BCUT2D eigenvalue weighted by Gasteiger charge is -2.21. The van der Waals surface area contributed by atoms with Crippen LogP contribution in [0.2, 0.25) is 0 Å². The minimum Gasteiger partial charge on any atom is -0.480 e. The number of rotatable bonds is 6. The first-order valence-electron chi connectivity index (χ1n) is 6.79. The number of ether oxygens (including phenoxy) is 1. The molecule has 20 heavy (non-hydrogen) atoms. The molecule has 0 heterocycles. The van der Waals surface area contributed by atoms with Crippen molar-refractivity contribution in [3.8, 4) is 5.75 Å². The molecule has 4 nitrogen and oxygen atoms in total. The maximum Gasteiger partial charge on any atom is 0.260 e. The first kappa shape index (κ1) is 16.4. The molecular formula is C15H23FN2O2. The Balaban J connectivity index is 2.90. The first-order chi connectivity index (χ1) is 9.35. The second-order valence-corrected chi connectivity index (χ2v) is 5.12. The number of benzene rings is 1. The molecule has 0 saturated heterocycles. The SMILES string of the molecule is CNC(C)c1ccc(F)cc1OC(C)C(=O)NC(C)C. The lowest BCUT2D eigenvalue weighted by Crippen LogP contribution is -2.40. The average Bonchev–Trinajstić information content (AvgIpc) is 2.37. The predicted molar refractivity (Wildman–Crippen MR) is 77.2 cm³/mol. The molecule has 1 aromatic rings. The van der Waals surface area contributed by atoms with E-state index in [9.17, 15) is 9.18 Å². The summed E-state index contributed by atoms with van der Waals surface area (Å²) in [6, 6.07) is 4.40. The van der Waals surface area contributed by atoms with Crippen LogP contribution in [0.25, 0.3) is 0 Å². The molecule has 2 N–H and O–H groups in total. The highest BCUT2D eigenvalue weighted by Crippen LogP contribution is 2.26. The Morgan fingerprint density at radius 1 is 1.25 bits per heavy atom. The molecule has 0 aromatic heterocycles. The second kappa shape index (κ2) is 7.24. The normalized spacial score (nSPS) is 13.9.